The van der Waals surface area contributed by atoms with Crippen LogP contribution in [0.5, 0.6) is 17.2 Å². The van der Waals surface area contributed by atoms with Crippen LogP contribution in [0.4, 0.5) is 4.79 Å². The van der Waals surface area contributed by atoms with Crippen LogP contribution in [0, 0.1) is 59.2 Å². The Bertz CT molecular complexity index is 3000. The summed E-state index contributed by atoms with van der Waals surface area (Å²) in [6.45, 7) is 9.83. The molecule has 0 aliphatic heterocycles. The van der Waals surface area contributed by atoms with E-state index in [4.69, 9.17) is 53.2 Å². The summed E-state index contributed by atoms with van der Waals surface area (Å²) in [5.41, 5.74) is 6.84. The Balaban J connectivity index is 0.000000209. The number of hydrogen-bond donors (Lipinski definition) is 6. The highest BCUT2D eigenvalue weighted by Crippen LogP contribution is 2.52. The van der Waals surface area contributed by atoms with Crippen molar-refractivity contribution in [3.63, 3.8) is 0 Å². The molecule has 20 nitrogen and oxygen atoms in total. The molecular weight excluding hydrogens is 1270 g/mol. The number of ether oxygens (including phenoxy) is 8. The van der Waals surface area contributed by atoms with E-state index < -0.39 is 24.1 Å². The van der Waals surface area contributed by atoms with Gasteiger partial charge in [0.1, 0.15) is 36.1 Å². The normalized spacial score (nSPS) is 24.5. The first kappa shape index (κ1) is 79.8. The molecule has 0 saturated heterocycles. The van der Waals surface area contributed by atoms with Crippen LogP contribution >= 0.6 is 0 Å². The van der Waals surface area contributed by atoms with E-state index in [-0.39, 0.29) is 86.6 Å². The minimum absolute atomic E-state index is 0.0133. The number of carbonyl (C=O) groups is 6. The highest BCUT2D eigenvalue weighted by atomic mass is 16.7. The third-order valence-electron chi connectivity index (χ3n) is 22.0. The number of aliphatic hydroxyl groups excluding tert-OH is 3. The molecule has 3 aromatic rings. The molecule has 3 fully saturated rings. The number of aliphatic hydroxyl groups is 3. The van der Waals surface area contributed by atoms with Crippen LogP contribution in [0.3, 0.4) is 0 Å². The van der Waals surface area contributed by atoms with Crippen molar-refractivity contribution in [1.29, 1.82) is 0 Å². The summed E-state index contributed by atoms with van der Waals surface area (Å²) in [4.78, 5) is 68.7. The van der Waals surface area contributed by atoms with Gasteiger partial charge >= 0.3 is 36.0 Å². The topological polar surface area (TPSA) is 298 Å². The maximum absolute atomic E-state index is 12.2. The molecule has 0 spiro atoms. The molecule has 0 bridgehead atoms. The summed E-state index contributed by atoms with van der Waals surface area (Å²) in [5.74, 6) is 1.65. The van der Waals surface area contributed by atoms with Gasteiger partial charge in [-0.05, 0) is 253 Å². The molecule has 0 amide bonds. The maximum Gasteiger partial charge on any atom is 0.508 e. The van der Waals surface area contributed by atoms with E-state index in [9.17, 15) is 44.1 Å². The second-order valence-electron chi connectivity index (χ2n) is 28.7. The van der Waals surface area contributed by atoms with E-state index in [2.05, 4.69) is 39.0 Å². The lowest BCUT2D eigenvalue weighted by Crippen LogP contribution is -2.29. The van der Waals surface area contributed by atoms with E-state index in [1.54, 1.807) is 6.92 Å². The van der Waals surface area contributed by atoms with Crippen molar-refractivity contribution in [3.8, 4) is 17.2 Å². The van der Waals surface area contributed by atoms with Gasteiger partial charge in [0.2, 0.25) is 0 Å². The van der Waals surface area contributed by atoms with Gasteiger partial charge in [0.15, 0.2) is 19.8 Å². The van der Waals surface area contributed by atoms with Crippen LogP contribution in [-0.4, -0.2) is 144 Å². The van der Waals surface area contributed by atoms with E-state index in [1.807, 2.05) is 43.3 Å². The molecule has 99 heavy (non-hydrogen) atoms. The number of carboxylic acids is 3. The molecule has 0 radical (unpaired) electrons. The van der Waals surface area contributed by atoms with Gasteiger partial charge in [0, 0.05) is 13.0 Å². The summed E-state index contributed by atoms with van der Waals surface area (Å²) in [6.07, 6.45) is 23.3. The Hall–Kier alpha value is -6.48. The summed E-state index contributed by atoms with van der Waals surface area (Å²) >= 11 is 0. The second kappa shape index (κ2) is 41.4. The molecule has 20 heteroatoms. The number of methoxy groups -OCH3 is 1. The van der Waals surface area contributed by atoms with Crippen LogP contribution in [-0.2, 0) is 86.2 Å². The standard InChI is InChI=1S/C27H40O7.C26H38O7.C26H38O6/c1-3-5-6-9-20(34-27(31)17-32-4-2)11-12-21-22-13-18-8-7-10-25(33-16-26(29)30)23(18)14-19(22)15-24(21)28;1-3-5-6-9-19(33-26(30)31-4-2)11-12-20-21-13-17-8-7-10-24(32-16-25(28)29)22(17)14-18(21)15-23(20)27;1-3-4-5-7-17(12-26(30)31-2)10-11-20-21-13-18-8-6-9-24(32-16-25(28)29)22(18)14-19(21)15-23(20)27/h7-8,10,19-22,24,28H,3-6,9,11-17H2,1-2H3,(H,29,30);7-8,10,18-21,23,27H,3-6,9,11-16H2,1-2H3,(H,28,29);6,8-9,17,19-21,23,27H,3-5,7,10-16H2,1-2H3,(H,28,29)/t19-,20-,21+,22-,24+;18-,19-,20+,21-,23+;17-,19-,20+,21-,23+/m000/s1. The van der Waals surface area contributed by atoms with Gasteiger partial charge in [-0.1, -0.05) is 102 Å². The van der Waals surface area contributed by atoms with Crippen molar-refractivity contribution in [2.75, 3.05) is 46.8 Å². The lowest BCUT2D eigenvalue weighted by molar-refractivity contribution is -0.155. The predicted molar refractivity (Wildman–Crippen MR) is 373 cm³/mol. The number of rotatable bonds is 38. The number of carbonyl (C=O) groups excluding carboxylic acids is 3. The van der Waals surface area contributed by atoms with Crippen LogP contribution in [0.15, 0.2) is 54.6 Å². The number of esters is 2. The predicted octanol–water partition coefficient (Wildman–Crippen LogP) is 13.3. The average molecular weight is 1390 g/mol. The van der Waals surface area contributed by atoms with Gasteiger partial charge in [-0.3, -0.25) is 4.79 Å². The smallest absolute Gasteiger partial charge is 0.482 e. The lowest BCUT2D eigenvalue weighted by atomic mass is 9.73. The fourth-order valence-electron chi connectivity index (χ4n) is 17.2. The third-order valence-corrected chi connectivity index (χ3v) is 22.0. The Morgan fingerprint density at radius 2 is 0.828 bits per heavy atom. The molecule has 9 rings (SSSR count). The zero-order valence-corrected chi connectivity index (χ0v) is 59.8. The Morgan fingerprint density at radius 3 is 1.19 bits per heavy atom. The molecule has 3 aromatic carbocycles. The number of aliphatic carboxylic acids is 3. The van der Waals surface area contributed by atoms with E-state index in [1.165, 1.54) is 30.2 Å². The minimum Gasteiger partial charge on any atom is -0.482 e. The molecule has 0 aromatic heterocycles. The van der Waals surface area contributed by atoms with E-state index in [0.717, 1.165) is 184 Å². The summed E-state index contributed by atoms with van der Waals surface area (Å²) in [5, 5.41) is 59.6. The van der Waals surface area contributed by atoms with E-state index >= 15 is 0 Å². The van der Waals surface area contributed by atoms with Crippen molar-refractivity contribution >= 4 is 36.0 Å². The Kier molecular flexibility index (Phi) is 33.4. The van der Waals surface area contributed by atoms with Crippen molar-refractivity contribution in [3.05, 3.63) is 88.0 Å². The molecule has 6 aliphatic rings. The first-order valence-corrected chi connectivity index (χ1v) is 37.3. The largest absolute Gasteiger partial charge is 0.508 e. The first-order chi connectivity index (χ1) is 47.8. The highest BCUT2D eigenvalue weighted by molar-refractivity contribution is 5.71. The molecular formula is C79H116O20. The number of carboxylic acid groups (broad SMARTS) is 3. The fourth-order valence-corrected chi connectivity index (χ4v) is 17.2. The average Bonchev–Trinajstić information content (AvgIpc) is 1.71. The van der Waals surface area contributed by atoms with Crippen molar-refractivity contribution in [2.24, 2.45) is 59.2 Å². The molecule has 6 aliphatic carbocycles. The van der Waals surface area contributed by atoms with Crippen molar-refractivity contribution < 1.29 is 97.3 Å². The number of unbranched alkanes of at least 4 members (excludes halogenated alkanes) is 6. The monoisotopic (exact) mass is 1380 g/mol. The molecule has 15 atom stereocenters. The summed E-state index contributed by atoms with van der Waals surface area (Å²) in [6, 6.07) is 17.5. The molecule has 3 saturated carbocycles. The van der Waals surface area contributed by atoms with Crippen LogP contribution in [0.25, 0.3) is 0 Å². The van der Waals surface area contributed by atoms with Gasteiger partial charge in [-0.15, -0.1) is 0 Å². The van der Waals surface area contributed by atoms with Gasteiger partial charge in [0.25, 0.3) is 0 Å². The van der Waals surface area contributed by atoms with Crippen LogP contribution < -0.4 is 14.2 Å². The van der Waals surface area contributed by atoms with Crippen molar-refractivity contribution in [2.45, 2.75) is 245 Å². The van der Waals surface area contributed by atoms with Gasteiger partial charge in [-0.25, -0.2) is 24.0 Å². The van der Waals surface area contributed by atoms with Crippen LogP contribution in [0.1, 0.15) is 209 Å². The zero-order valence-electron chi connectivity index (χ0n) is 59.8. The number of fused-ring (bicyclic) bond motifs is 6. The molecule has 0 heterocycles. The third kappa shape index (κ3) is 24.4. The first-order valence-electron chi connectivity index (χ1n) is 37.3. The highest BCUT2D eigenvalue weighted by Gasteiger charge is 2.48. The quantitative estimate of drug-likeness (QED) is 0.0176. The number of hydrogen-bond acceptors (Lipinski definition) is 17. The lowest BCUT2D eigenvalue weighted by Gasteiger charge is -2.32. The SMILES string of the molecule is CCCCC[C@@H](CC[C@@H]1[C@H]2Cc3cccc(OCC(=O)O)c3C[C@H]2C[C@H]1O)CC(=O)OC.CCCCC[C@@H](CC[C@@H]1[C@H]2Cc3cccc(OCC(=O)O)c3C[C@H]2C[C@H]1O)OC(=O)COCC.CCCCC[C@@H](CC[C@@H]1[C@H]2Cc3cccc(OCC(=O)O)c3C[C@H]2C[C@H]1O)OC(=O)OCC. The second-order valence-corrected chi connectivity index (χ2v) is 28.7. The number of benzene rings is 3. The molecule has 552 valence electrons. The van der Waals surface area contributed by atoms with Crippen molar-refractivity contribution in [1.82, 2.24) is 0 Å². The summed E-state index contributed by atoms with van der Waals surface area (Å²) in [7, 11) is 1.45. The fraction of sp³-hybridized carbons (Fsp3) is 0.696. The van der Waals surface area contributed by atoms with Gasteiger partial charge < -0.3 is 68.5 Å². The minimum atomic E-state index is -0.990. The molecule has 0 unspecified atom stereocenters. The maximum atomic E-state index is 12.2. The Labute approximate surface area is 586 Å². The Morgan fingerprint density at radius 1 is 0.444 bits per heavy atom. The molecule has 6 N–H and O–H groups in total. The van der Waals surface area contributed by atoms with Gasteiger partial charge in [-0.2, -0.15) is 0 Å². The van der Waals surface area contributed by atoms with E-state index in [0.29, 0.717) is 78.3 Å². The van der Waals surface area contributed by atoms with Gasteiger partial charge in [0.05, 0.1) is 32.0 Å². The zero-order chi connectivity index (χ0) is 71.4. The summed E-state index contributed by atoms with van der Waals surface area (Å²) < 4.78 is 43.0. The van der Waals surface area contributed by atoms with Crippen LogP contribution in [0.2, 0.25) is 0 Å².